The first-order valence-electron chi connectivity index (χ1n) is 8.17. The Hall–Kier alpha value is -2.89. The molecule has 3 N–H and O–H groups in total. The standard InChI is InChI=1S/C19H22FN3O2/c1-14(13-16-9-5-6-10-17(16)20)23-19(25)22-12-11-21-18(24)15-7-3-2-4-8-15/h2-10,14H,11-13H2,1H3,(H,21,24)(H2,22,23,25). The number of hydrogen-bond acceptors (Lipinski definition) is 2. The van der Waals surface area contributed by atoms with Gasteiger partial charge in [0.25, 0.3) is 5.91 Å². The van der Waals surface area contributed by atoms with Crippen LogP contribution in [0.3, 0.4) is 0 Å². The summed E-state index contributed by atoms with van der Waals surface area (Å²) in [6, 6.07) is 14.8. The van der Waals surface area contributed by atoms with Crippen molar-refractivity contribution >= 4 is 11.9 Å². The maximum absolute atomic E-state index is 13.6. The van der Waals surface area contributed by atoms with E-state index in [4.69, 9.17) is 0 Å². The molecule has 0 aromatic heterocycles. The second kappa shape index (κ2) is 9.42. The quantitative estimate of drug-likeness (QED) is 0.676. The van der Waals surface area contributed by atoms with Crippen molar-refractivity contribution in [2.45, 2.75) is 19.4 Å². The minimum absolute atomic E-state index is 0.185. The second-order valence-corrected chi connectivity index (χ2v) is 5.72. The molecule has 2 rings (SSSR count). The summed E-state index contributed by atoms with van der Waals surface area (Å²) in [5.74, 6) is -0.462. The minimum atomic E-state index is -0.349. The molecule has 6 heteroatoms. The van der Waals surface area contributed by atoms with Crippen LogP contribution in [0.25, 0.3) is 0 Å². The Morgan fingerprint density at radius 3 is 2.32 bits per heavy atom. The molecule has 0 fully saturated rings. The number of rotatable bonds is 7. The average Bonchev–Trinajstić information content (AvgIpc) is 2.61. The number of hydrogen-bond donors (Lipinski definition) is 3. The van der Waals surface area contributed by atoms with E-state index in [2.05, 4.69) is 16.0 Å². The van der Waals surface area contributed by atoms with Crippen LogP contribution in [0.4, 0.5) is 9.18 Å². The van der Waals surface area contributed by atoms with Crippen molar-refractivity contribution in [2.75, 3.05) is 13.1 Å². The van der Waals surface area contributed by atoms with Crippen LogP contribution >= 0.6 is 0 Å². The first kappa shape index (κ1) is 18.4. The summed E-state index contributed by atoms with van der Waals surface area (Å²) >= 11 is 0. The summed E-state index contributed by atoms with van der Waals surface area (Å²) in [7, 11) is 0. The molecule has 1 unspecified atom stereocenters. The zero-order valence-electron chi connectivity index (χ0n) is 14.1. The van der Waals surface area contributed by atoms with Crippen LogP contribution in [-0.2, 0) is 6.42 Å². The number of amides is 3. The Labute approximate surface area is 146 Å². The fraction of sp³-hybridized carbons (Fsp3) is 0.263. The molecule has 5 nitrogen and oxygen atoms in total. The molecular weight excluding hydrogens is 321 g/mol. The molecule has 0 aliphatic rings. The number of carbonyl (C=O) groups is 2. The highest BCUT2D eigenvalue weighted by atomic mass is 19.1. The van der Waals surface area contributed by atoms with Gasteiger partial charge in [0.2, 0.25) is 0 Å². The molecule has 0 aliphatic carbocycles. The summed E-state index contributed by atoms with van der Waals surface area (Å²) in [5, 5.41) is 8.13. The third kappa shape index (κ3) is 6.25. The van der Waals surface area contributed by atoms with Crippen molar-refractivity contribution in [3.8, 4) is 0 Å². The molecule has 0 heterocycles. The van der Waals surface area contributed by atoms with Crippen LogP contribution in [0.1, 0.15) is 22.8 Å². The van der Waals surface area contributed by atoms with E-state index >= 15 is 0 Å². The van der Waals surface area contributed by atoms with Gasteiger partial charge in [0, 0.05) is 24.7 Å². The first-order chi connectivity index (χ1) is 12.1. The summed E-state index contributed by atoms with van der Waals surface area (Å²) in [6.07, 6.45) is 0.408. The second-order valence-electron chi connectivity index (χ2n) is 5.72. The lowest BCUT2D eigenvalue weighted by Gasteiger charge is -2.15. The smallest absolute Gasteiger partial charge is 0.315 e. The largest absolute Gasteiger partial charge is 0.350 e. The maximum Gasteiger partial charge on any atom is 0.315 e. The lowest BCUT2D eigenvalue weighted by molar-refractivity contribution is 0.0954. The van der Waals surface area contributed by atoms with Crippen molar-refractivity contribution in [1.82, 2.24) is 16.0 Å². The Kier molecular flexibility index (Phi) is 6.95. The molecule has 25 heavy (non-hydrogen) atoms. The zero-order valence-corrected chi connectivity index (χ0v) is 14.1. The topological polar surface area (TPSA) is 70.2 Å². The van der Waals surface area contributed by atoms with Crippen LogP contribution in [-0.4, -0.2) is 31.1 Å². The van der Waals surface area contributed by atoms with Gasteiger partial charge in [0.1, 0.15) is 5.82 Å². The predicted molar refractivity (Wildman–Crippen MR) is 94.9 cm³/mol. The van der Waals surface area contributed by atoms with Gasteiger partial charge >= 0.3 is 6.03 Å². The van der Waals surface area contributed by atoms with Crippen LogP contribution in [0.2, 0.25) is 0 Å². The Balaban J connectivity index is 1.65. The SMILES string of the molecule is CC(Cc1ccccc1F)NC(=O)NCCNC(=O)c1ccccc1. The third-order valence-electron chi connectivity index (χ3n) is 3.59. The highest BCUT2D eigenvalue weighted by Gasteiger charge is 2.10. The van der Waals surface area contributed by atoms with E-state index in [1.165, 1.54) is 6.07 Å². The van der Waals surface area contributed by atoms with E-state index in [-0.39, 0.29) is 23.8 Å². The number of benzene rings is 2. The van der Waals surface area contributed by atoms with Gasteiger partial charge in [-0.3, -0.25) is 4.79 Å². The molecule has 2 aromatic rings. The van der Waals surface area contributed by atoms with E-state index in [9.17, 15) is 14.0 Å². The minimum Gasteiger partial charge on any atom is -0.350 e. The maximum atomic E-state index is 13.6. The number of halogens is 1. The molecule has 0 saturated heterocycles. The number of carbonyl (C=O) groups excluding carboxylic acids is 2. The van der Waals surface area contributed by atoms with E-state index in [0.29, 0.717) is 30.6 Å². The van der Waals surface area contributed by atoms with E-state index in [0.717, 1.165) is 0 Å². The lowest BCUT2D eigenvalue weighted by Crippen LogP contribution is -2.44. The van der Waals surface area contributed by atoms with Crippen molar-refractivity contribution in [1.29, 1.82) is 0 Å². The normalized spacial score (nSPS) is 11.4. The Morgan fingerprint density at radius 1 is 0.960 bits per heavy atom. The van der Waals surface area contributed by atoms with Crippen molar-refractivity contribution in [3.05, 3.63) is 71.5 Å². The van der Waals surface area contributed by atoms with Crippen LogP contribution in [0, 0.1) is 5.82 Å². The van der Waals surface area contributed by atoms with Crippen molar-refractivity contribution < 1.29 is 14.0 Å². The van der Waals surface area contributed by atoms with Gasteiger partial charge in [0.15, 0.2) is 0 Å². The van der Waals surface area contributed by atoms with Crippen molar-refractivity contribution in [2.24, 2.45) is 0 Å². The third-order valence-corrected chi connectivity index (χ3v) is 3.59. The molecular formula is C19H22FN3O2. The molecule has 1 atom stereocenters. The van der Waals surface area contributed by atoms with Crippen LogP contribution in [0.5, 0.6) is 0 Å². The molecule has 0 saturated carbocycles. The number of urea groups is 1. The summed E-state index contributed by atoms with van der Waals surface area (Å²) in [5.41, 5.74) is 1.14. The molecule has 0 bridgehead atoms. The van der Waals surface area contributed by atoms with Gasteiger partial charge in [0.05, 0.1) is 0 Å². The highest BCUT2D eigenvalue weighted by Crippen LogP contribution is 2.08. The van der Waals surface area contributed by atoms with Gasteiger partial charge in [-0.2, -0.15) is 0 Å². The Morgan fingerprint density at radius 2 is 1.60 bits per heavy atom. The molecule has 0 aliphatic heterocycles. The lowest BCUT2D eigenvalue weighted by atomic mass is 10.1. The van der Waals surface area contributed by atoms with Gasteiger partial charge in [-0.25, -0.2) is 9.18 Å². The first-order valence-corrected chi connectivity index (χ1v) is 8.17. The average molecular weight is 343 g/mol. The molecule has 0 spiro atoms. The zero-order chi connectivity index (χ0) is 18.1. The monoisotopic (exact) mass is 343 g/mol. The van der Waals surface area contributed by atoms with Gasteiger partial charge in [-0.05, 0) is 37.1 Å². The summed E-state index contributed by atoms with van der Waals surface area (Å²) in [4.78, 5) is 23.6. The molecule has 3 amide bonds. The fourth-order valence-electron chi connectivity index (χ4n) is 2.36. The van der Waals surface area contributed by atoms with Gasteiger partial charge < -0.3 is 16.0 Å². The molecule has 2 aromatic carbocycles. The predicted octanol–water partition coefficient (Wildman–Crippen LogP) is 2.49. The fourth-order valence-corrected chi connectivity index (χ4v) is 2.36. The van der Waals surface area contributed by atoms with Gasteiger partial charge in [-0.15, -0.1) is 0 Å². The van der Waals surface area contributed by atoms with E-state index in [1.54, 1.807) is 42.5 Å². The van der Waals surface area contributed by atoms with E-state index < -0.39 is 0 Å². The Bertz CT molecular complexity index is 707. The van der Waals surface area contributed by atoms with Crippen LogP contribution in [0.15, 0.2) is 54.6 Å². The molecule has 0 radical (unpaired) electrons. The highest BCUT2D eigenvalue weighted by molar-refractivity contribution is 5.94. The van der Waals surface area contributed by atoms with Gasteiger partial charge in [-0.1, -0.05) is 36.4 Å². The van der Waals surface area contributed by atoms with Crippen LogP contribution < -0.4 is 16.0 Å². The number of nitrogens with one attached hydrogen (secondary N) is 3. The van der Waals surface area contributed by atoms with E-state index in [1.807, 2.05) is 13.0 Å². The molecule has 132 valence electrons. The van der Waals surface area contributed by atoms with Crippen molar-refractivity contribution in [3.63, 3.8) is 0 Å². The summed E-state index contributed by atoms with van der Waals surface area (Å²) < 4.78 is 13.6. The summed E-state index contributed by atoms with van der Waals surface area (Å²) in [6.45, 7) is 2.43.